The predicted octanol–water partition coefficient (Wildman–Crippen LogP) is -1.34. The van der Waals surface area contributed by atoms with Crippen molar-refractivity contribution in [3.05, 3.63) is 5.38 Å². The Bertz CT molecular complexity index is 383. The zero-order chi connectivity index (χ0) is 9.35. The number of hydrogen-bond acceptors (Lipinski definition) is 4. The van der Waals surface area contributed by atoms with E-state index in [1.807, 2.05) is 0 Å². The zero-order valence-corrected chi connectivity index (χ0v) is 8.33. The number of primary sulfonamides is 1. The number of sulfonamides is 1. The second-order valence-electron chi connectivity index (χ2n) is 2.28. The number of nitrogens with two attached hydrogens (primary N) is 1. The van der Waals surface area contributed by atoms with E-state index in [-0.39, 0.29) is 4.21 Å². The van der Waals surface area contributed by atoms with Crippen LogP contribution in [0.5, 0.6) is 5.75 Å². The van der Waals surface area contributed by atoms with Gasteiger partial charge in [-0.3, -0.25) is 0 Å². The molecule has 7 heteroatoms. The summed E-state index contributed by atoms with van der Waals surface area (Å²) in [5.74, 6) is 0.350. The molecule has 1 heterocycles. The standard InChI is InChI=1S/C5H8BNO3S2/c1-10-4-3(6)2-11-5(4)12(7,8)9/h2H,6H2,1H3,(H2,7,8,9). The molecule has 0 bridgehead atoms. The summed E-state index contributed by atoms with van der Waals surface area (Å²) in [6.07, 6.45) is 0. The summed E-state index contributed by atoms with van der Waals surface area (Å²) in [6, 6.07) is 0. The largest absolute Gasteiger partial charge is 0.495 e. The molecule has 0 atom stereocenters. The maximum atomic E-state index is 10.9. The smallest absolute Gasteiger partial charge is 0.251 e. The van der Waals surface area contributed by atoms with Gasteiger partial charge in [0.2, 0.25) is 0 Å². The molecule has 0 aromatic carbocycles. The zero-order valence-electron chi connectivity index (χ0n) is 6.70. The van der Waals surface area contributed by atoms with Crippen LogP contribution in [0.15, 0.2) is 9.59 Å². The first-order valence-electron chi connectivity index (χ1n) is 3.11. The average Bonchev–Trinajstić information content (AvgIpc) is 2.29. The summed E-state index contributed by atoms with van der Waals surface area (Å²) in [5.41, 5.74) is 0.784. The van der Waals surface area contributed by atoms with Crippen molar-refractivity contribution in [2.24, 2.45) is 5.14 Å². The summed E-state index contributed by atoms with van der Waals surface area (Å²) < 4.78 is 26.8. The van der Waals surface area contributed by atoms with Gasteiger partial charge in [-0.05, 0) is 10.8 Å². The lowest BCUT2D eigenvalue weighted by Gasteiger charge is -2.00. The molecule has 0 saturated carbocycles. The van der Waals surface area contributed by atoms with Crippen molar-refractivity contribution < 1.29 is 13.2 Å². The van der Waals surface area contributed by atoms with E-state index in [0.29, 0.717) is 5.75 Å². The highest BCUT2D eigenvalue weighted by Crippen LogP contribution is 2.25. The second kappa shape index (κ2) is 3.08. The van der Waals surface area contributed by atoms with Crippen LogP contribution in [0.25, 0.3) is 0 Å². The number of ether oxygens (including phenoxy) is 1. The number of methoxy groups -OCH3 is 1. The summed E-state index contributed by atoms with van der Waals surface area (Å²) in [7, 11) is -0.443. The molecular weight excluding hydrogens is 197 g/mol. The summed E-state index contributed by atoms with van der Waals surface area (Å²) >= 11 is 1.07. The van der Waals surface area contributed by atoms with Crippen molar-refractivity contribution in [3.63, 3.8) is 0 Å². The Morgan fingerprint density at radius 2 is 2.25 bits per heavy atom. The Morgan fingerprint density at radius 1 is 1.67 bits per heavy atom. The SMILES string of the molecule is Bc1csc(S(N)(=O)=O)c1OC. The molecule has 1 aromatic heterocycles. The lowest BCUT2D eigenvalue weighted by molar-refractivity contribution is 0.410. The van der Waals surface area contributed by atoms with Crippen molar-refractivity contribution in [1.29, 1.82) is 0 Å². The third-order valence-corrected chi connectivity index (χ3v) is 3.91. The van der Waals surface area contributed by atoms with Gasteiger partial charge in [0.15, 0.2) is 4.21 Å². The lowest BCUT2D eigenvalue weighted by atomic mass is 10.0. The first-order valence-corrected chi connectivity index (χ1v) is 5.54. The number of hydrogen-bond donors (Lipinski definition) is 1. The molecule has 12 heavy (non-hydrogen) atoms. The molecule has 2 N–H and O–H groups in total. The summed E-state index contributed by atoms with van der Waals surface area (Å²) in [6.45, 7) is 0. The van der Waals surface area contributed by atoms with E-state index in [2.05, 4.69) is 0 Å². The van der Waals surface area contributed by atoms with Crippen LogP contribution in [-0.4, -0.2) is 23.4 Å². The van der Waals surface area contributed by atoms with Gasteiger partial charge in [-0.1, -0.05) is 0 Å². The molecule has 0 radical (unpaired) electrons. The van der Waals surface area contributed by atoms with Crippen molar-refractivity contribution in [3.8, 4) is 5.75 Å². The van der Waals surface area contributed by atoms with E-state index in [1.165, 1.54) is 7.11 Å². The van der Waals surface area contributed by atoms with Crippen LogP contribution in [0.4, 0.5) is 0 Å². The van der Waals surface area contributed by atoms with Crippen molar-refractivity contribution >= 4 is 34.7 Å². The lowest BCUT2D eigenvalue weighted by Crippen LogP contribution is -2.13. The fourth-order valence-electron chi connectivity index (χ4n) is 0.851. The van der Waals surface area contributed by atoms with E-state index in [4.69, 9.17) is 9.88 Å². The van der Waals surface area contributed by atoms with Gasteiger partial charge in [-0.25, -0.2) is 13.6 Å². The molecular formula is C5H8BNO3S2. The topological polar surface area (TPSA) is 69.4 Å². The minimum Gasteiger partial charge on any atom is -0.495 e. The molecule has 0 aliphatic rings. The van der Waals surface area contributed by atoms with E-state index < -0.39 is 10.0 Å². The minimum absolute atomic E-state index is 0.0856. The van der Waals surface area contributed by atoms with Gasteiger partial charge in [-0.2, -0.15) is 0 Å². The molecule has 0 fully saturated rings. The quantitative estimate of drug-likeness (QED) is 0.607. The third kappa shape index (κ3) is 1.62. The van der Waals surface area contributed by atoms with Crippen LogP contribution >= 0.6 is 11.3 Å². The summed E-state index contributed by atoms with van der Waals surface area (Å²) in [5, 5.41) is 6.64. The Kier molecular flexibility index (Phi) is 2.45. The van der Waals surface area contributed by atoms with E-state index in [1.54, 1.807) is 13.2 Å². The highest BCUT2D eigenvalue weighted by Gasteiger charge is 2.18. The molecule has 1 rings (SSSR count). The van der Waals surface area contributed by atoms with Crippen molar-refractivity contribution in [1.82, 2.24) is 0 Å². The first-order chi connectivity index (χ1) is 5.46. The van der Waals surface area contributed by atoms with Crippen LogP contribution < -0.4 is 15.3 Å². The van der Waals surface area contributed by atoms with Gasteiger partial charge >= 0.3 is 0 Å². The van der Waals surface area contributed by atoms with Crippen molar-refractivity contribution in [2.45, 2.75) is 4.21 Å². The minimum atomic E-state index is -3.63. The maximum Gasteiger partial charge on any atom is 0.251 e. The molecule has 0 saturated heterocycles. The molecule has 0 unspecified atom stereocenters. The third-order valence-electron chi connectivity index (χ3n) is 1.35. The number of rotatable bonds is 2. The van der Waals surface area contributed by atoms with Gasteiger partial charge < -0.3 is 4.74 Å². The monoisotopic (exact) mass is 205 g/mol. The second-order valence-corrected chi connectivity index (χ2v) is 4.92. The Balaban J connectivity index is 3.36. The first kappa shape index (κ1) is 9.56. The van der Waals surface area contributed by atoms with Crippen molar-refractivity contribution in [2.75, 3.05) is 7.11 Å². The molecule has 0 aliphatic carbocycles. The normalized spacial score (nSPS) is 11.5. The van der Waals surface area contributed by atoms with Gasteiger partial charge in [0.05, 0.1) is 7.11 Å². The number of thiophene rings is 1. The van der Waals surface area contributed by atoms with Gasteiger partial charge in [0, 0.05) is 0 Å². The molecule has 66 valence electrons. The highest BCUT2D eigenvalue weighted by molar-refractivity contribution is 7.91. The summed E-state index contributed by atoms with van der Waals surface area (Å²) in [4.78, 5) is 0. The molecule has 1 aromatic rings. The van der Waals surface area contributed by atoms with Crippen LogP contribution in [0, 0.1) is 0 Å². The van der Waals surface area contributed by atoms with E-state index in [0.717, 1.165) is 16.8 Å². The Hall–Kier alpha value is -0.525. The average molecular weight is 205 g/mol. The van der Waals surface area contributed by atoms with Crippen LogP contribution in [0.3, 0.4) is 0 Å². The fourth-order valence-corrected chi connectivity index (χ4v) is 2.78. The van der Waals surface area contributed by atoms with Gasteiger partial charge in [0.1, 0.15) is 13.6 Å². The van der Waals surface area contributed by atoms with Crippen LogP contribution in [0.2, 0.25) is 0 Å². The highest BCUT2D eigenvalue weighted by atomic mass is 32.2. The fraction of sp³-hybridized carbons (Fsp3) is 0.200. The Morgan fingerprint density at radius 3 is 2.58 bits per heavy atom. The Labute approximate surface area is 75.8 Å². The van der Waals surface area contributed by atoms with E-state index in [9.17, 15) is 8.42 Å². The van der Waals surface area contributed by atoms with Crippen LogP contribution in [-0.2, 0) is 10.0 Å². The molecule has 0 aliphatic heterocycles. The van der Waals surface area contributed by atoms with Gasteiger partial charge in [0.25, 0.3) is 10.0 Å². The van der Waals surface area contributed by atoms with Crippen LogP contribution in [0.1, 0.15) is 0 Å². The van der Waals surface area contributed by atoms with E-state index >= 15 is 0 Å². The predicted molar refractivity (Wildman–Crippen MR) is 50.4 cm³/mol. The van der Waals surface area contributed by atoms with Gasteiger partial charge in [-0.15, -0.1) is 11.3 Å². The molecule has 4 nitrogen and oxygen atoms in total. The molecule has 0 amide bonds. The maximum absolute atomic E-state index is 10.9. The molecule has 0 spiro atoms.